The maximum atomic E-state index is 10.1. The van der Waals surface area contributed by atoms with Gasteiger partial charge in [-0.3, -0.25) is 0 Å². The van der Waals surface area contributed by atoms with E-state index in [4.69, 9.17) is 15.0 Å². The molecule has 5 nitrogen and oxygen atoms in total. The first-order valence-electron chi connectivity index (χ1n) is 16.9. The van der Waals surface area contributed by atoms with Gasteiger partial charge in [0.1, 0.15) is 0 Å². The van der Waals surface area contributed by atoms with Gasteiger partial charge < -0.3 is 4.57 Å². The minimum absolute atomic E-state index is 0.492. The van der Waals surface area contributed by atoms with Gasteiger partial charge in [-0.2, -0.15) is 5.26 Å². The van der Waals surface area contributed by atoms with E-state index in [9.17, 15) is 5.26 Å². The predicted octanol–water partition coefficient (Wildman–Crippen LogP) is 11.2. The lowest BCUT2D eigenvalue weighted by molar-refractivity contribution is 1.06. The molecule has 9 rings (SSSR count). The van der Waals surface area contributed by atoms with E-state index in [0.29, 0.717) is 23.0 Å². The van der Waals surface area contributed by atoms with Crippen molar-refractivity contribution in [3.8, 4) is 68.2 Å². The quantitative estimate of drug-likeness (QED) is 0.179. The summed E-state index contributed by atoms with van der Waals surface area (Å²) in [4.78, 5) is 15.1. The maximum absolute atomic E-state index is 10.1. The van der Waals surface area contributed by atoms with Gasteiger partial charge in [0.15, 0.2) is 17.5 Å². The molecule has 0 aliphatic rings. The first-order valence-corrected chi connectivity index (χ1v) is 16.9. The Hall–Kier alpha value is -7.16. The highest BCUT2D eigenvalue weighted by Crippen LogP contribution is 2.43. The highest BCUT2D eigenvalue weighted by atomic mass is 15.1. The van der Waals surface area contributed by atoms with Crippen LogP contribution in [0.4, 0.5) is 0 Å². The molecule has 0 radical (unpaired) electrons. The fourth-order valence-corrected chi connectivity index (χ4v) is 7.00. The van der Waals surface area contributed by atoms with Gasteiger partial charge >= 0.3 is 0 Å². The van der Waals surface area contributed by atoms with Crippen LogP contribution in [0, 0.1) is 11.3 Å². The van der Waals surface area contributed by atoms with Crippen LogP contribution < -0.4 is 0 Å². The van der Waals surface area contributed by atoms with Crippen LogP contribution in [0.15, 0.2) is 176 Å². The van der Waals surface area contributed by atoms with Crippen LogP contribution in [0.5, 0.6) is 0 Å². The molecule has 0 saturated carbocycles. The molecular weight excluding hydrogens is 623 g/mol. The number of para-hydroxylation sites is 1. The van der Waals surface area contributed by atoms with Gasteiger partial charge in [-0.1, -0.05) is 146 Å². The van der Waals surface area contributed by atoms with Crippen molar-refractivity contribution in [3.63, 3.8) is 0 Å². The molecule has 0 amide bonds. The minimum Gasteiger partial charge on any atom is -0.308 e. The summed E-state index contributed by atoms with van der Waals surface area (Å²) >= 11 is 0. The largest absolute Gasteiger partial charge is 0.308 e. The van der Waals surface area contributed by atoms with E-state index in [1.54, 1.807) is 0 Å². The highest BCUT2D eigenvalue weighted by Gasteiger charge is 2.22. The molecule has 0 bridgehead atoms. The van der Waals surface area contributed by atoms with E-state index in [1.165, 1.54) is 11.1 Å². The molecule has 7 aromatic carbocycles. The zero-order chi connectivity index (χ0) is 34.1. The molecule has 0 spiro atoms. The first-order chi connectivity index (χ1) is 25.3. The second-order valence-electron chi connectivity index (χ2n) is 12.3. The van der Waals surface area contributed by atoms with Gasteiger partial charge in [-0.15, -0.1) is 0 Å². The lowest BCUT2D eigenvalue weighted by Gasteiger charge is -2.15. The summed E-state index contributed by atoms with van der Waals surface area (Å²) in [5, 5.41) is 12.4. The van der Waals surface area contributed by atoms with E-state index in [0.717, 1.165) is 55.3 Å². The first kappa shape index (κ1) is 29.9. The Balaban J connectivity index is 1.33. The molecule has 9 aromatic rings. The molecule has 2 heterocycles. The number of fused-ring (bicyclic) bond motifs is 3. The third-order valence-electron chi connectivity index (χ3n) is 9.31. The molecule has 0 saturated heterocycles. The average molecular weight is 652 g/mol. The average Bonchev–Trinajstić information content (AvgIpc) is 3.56. The van der Waals surface area contributed by atoms with Crippen LogP contribution in [-0.2, 0) is 0 Å². The van der Waals surface area contributed by atoms with Crippen molar-refractivity contribution in [2.45, 2.75) is 0 Å². The molecular formula is C46H29N5. The molecule has 0 N–H and O–H groups in total. The fourth-order valence-electron chi connectivity index (χ4n) is 7.00. The lowest BCUT2D eigenvalue weighted by Crippen LogP contribution is -2.04. The van der Waals surface area contributed by atoms with Crippen LogP contribution in [-0.4, -0.2) is 19.5 Å². The van der Waals surface area contributed by atoms with Crippen molar-refractivity contribution >= 4 is 21.8 Å². The van der Waals surface area contributed by atoms with Crippen LogP contribution in [0.3, 0.4) is 0 Å². The number of rotatable bonds is 6. The minimum atomic E-state index is 0.492. The molecule has 0 fully saturated rings. The van der Waals surface area contributed by atoms with E-state index in [1.807, 2.05) is 84.9 Å². The molecule has 0 atom stereocenters. The van der Waals surface area contributed by atoms with Gasteiger partial charge in [0.25, 0.3) is 0 Å². The van der Waals surface area contributed by atoms with Crippen molar-refractivity contribution in [1.29, 1.82) is 5.26 Å². The normalized spacial score (nSPS) is 11.1. The molecule has 51 heavy (non-hydrogen) atoms. The Kier molecular flexibility index (Phi) is 7.46. The molecule has 238 valence electrons. The second-order valence-corrected chi connectivity index (χ2v) is 12.3. The Morgan fingerprint density at radius 3 is 1.61 bits per heavy atom. The lowest BCUT2D eigenvalue weighted by atomic mass is 9.92. The Labute approximate surface area is 295 Å². The summed E-state index contributed by atoms with van der Waals surface area (Å²) in [6.07, 6.45) is 0. The van der Waals surface area contributed by atoms with E-state index >= 15 is 0 Å². The predicted molar refractivity (Wildman–Crippen MR) is 206 cm³/mol. The van der Waals surface area contributed by atoms with Gasteiger partial charge in [0, 0.05) is 27.5 Å². The van der Waals surface area contributed by atoms with Crippen molar-refractivity contribution < 1.29 is 0 Å². The standard InChI is InChI=1S/C46H29N5/c47-30-31-27-28-41(39(29-31)46-49-44(33-17-6-2-7-18-33)48-45(50-46)34-19-8-3-9-20-34)51-40-25-13-12-23-38(40)43-37(24-14-26-42(43)51)36-22-11-10-21-35(36)32-15-4-1-5-16-32/h1-29H. The zero-order valence-corrected chi connectivity index (χ0v) is 27.5. The number of nitriles is 1. The number of nitrogens with zero attached hydrogens (tertiary/aromatic N) is 5. The molecule has 0 aliphatic carbocycles. The molecule has 0 unspecified atom stereocenters. The molecule has 2 aromatic heterocycles. The Bertz CT molecular complexity index is 2690. The number of hydrogen-bond donors (Lipinski definition) is 0. The maximum Gasteiger partial charge on any atom is 0.166 e. The Morgan fingerprint density at radius 2 is 0.941 bits per heavy atom. The van der Waals surface area contributed by atoms with Crippen LogP contribution in [0.1, 0.15) is 5.56 Å². The van der Waals surface area contributed by atoms with Gasteiger partial charge in [-0.25, -0.2) is 15.0 Å². The summed E-state index contributed by atoms with van der Waals surface area (Å²) in [7, 11) is 0. The fraction of sp³-hybridized carbons (Fsp3) is 0. The second kappa shape index (κ2) is 12.7. The van der Waals surface area contributed by atoms with Crippen LogP contribution >= 0.6 is 0 Å². The van der Waals surface area contributed by atoms with Gasteiger partial charge in [-0.05, 0) is 52.6 Å². The third-order valence-corrected chi connectivity index (χ3v) is 9.31. The third kappa shape index (κ3) is 5.32. The number of hydrogen-bond acceptors (Lipinski definition) is 4. The van der Waals surface area contributed by atoms with E-state index in [-0.39, 0.29) is 0 Å². The van der Waals surface area contributed by atoms with Crippen molar-refractivity contribution in [1.82, 2.24) is 19.5 Å². The number of benzene rings is 7. The monoisotopic (exact) mass is 651 g/mol. The van der Waals surface area contributed by atoms with Crippen LogP contribution in [0.25, 0.3) is 83.9 Å². The topological polar surface area (TPSA) is 67.4 Å². The zero-order valence-electron chi connectivity index (χ0n) is 27.5. The SMILES string of the molecule is N#Cc1ccc(-n2c3ccccc3c3c(-c4ccccc4-c4ccccc4)cccc32)c(-c2nc(-c3ccccc3)nc(-c3ccccc3)n2)c1. The van der Waals surface area contributed by atoms with Gasteiger partial charge in [0.05, 0.1) is 28.4 Å². The summed E-state index contributed by atoms with van der Waals surface area (Å²) in [6, 6.07) is 62.2. The van der Waals surface area contributed by atoms with E-state index < -0.39 is 0 Å². The van der Waals surface area contributed by atoms with Crippen molar-refractivity contribution in [2.75, 3.05) is 0 Å². The number of aromatic nitrogens is 4. The van der Waals surface area contributed by atoms with Gasteiger partial charge in [0.2, 0.25) is 0 Å². The molecule has 0 aliphatic heterocycles. The van der Waals surface area contributed by atoms with Crippen LogP contribution in [0.2, 0.25) is 0 Å². The van der Waals surface area contributed by atoms with Crippen molar-refractivity contribution in [3.05, 3.63) is 181 Å². The Morgan fingerprint density at radius 1 is 0.412 bits per heavy atom. The summed E-state index contributed by atoms with van der Waals surface area (Å²) in [5.41, 5.74) is 10.6. The summed E-state index contributed by atoms with van der Waals surface area (Å²) < 4.78 is 2.28. The summed E-state index contributed by atoms with van der Waals surface area (Å²) in [5.74, 6) is 1.62. The molecule has 5 heteroatoms. The highest BCUT2D eigenvalue weighted by molar-refractivity contribution is 6.17. The smallest absolute Gasteiger partial charge is 0.166 e. The summed E-state index contributed by atoms with van der Waals surface area (Å²) in [6.45, 7) is 0. The van der Waals surface area contributed by atoms with E-state index in [2.05, 4.69) is 102 Å². The van der Waals surface area contributed by atoms with Crippen molar-refractivity contribution in [2.24, 2.45) is 0 Å².